The van der Waals surface area contributed by atoms with Gasteiger partial charge in [0.15, 0.2) is 0 Å². The van der Waals surface area contributed by atoms with Crippen LogP contribution in [-0.4, -0.2) is 0 Å². The number of halogens is 2. The van der Waals surface area contributed by atoms with Crippen molar-refractivity contribution in [1.82, 2.24) is 0 Å². The summed E-state index contributed by atoms with van der Waals surface area (Å²) >= 11 is 0. The van der Waals surface area contributed by atoms with E-state index in [1.54, 1.807) is 24.3 Å². The largest absolute Gasteiger partial charge is 0.207 e. The van der Waals surface area contributed by atoms with E-state index in [-0.39, 0.29) is 11.6 Å². The minimum absolute atomic E-state index is 0.279. The summed E-state index contributed by atoms with van der Waals surface area (Å²) < 4.78 is 26.4. The van der Waals surface area contributed by atoms with Crippen LogP contribution in [0.1, 0.15) is 5.56 Å². The lowest BCUT2D eigenvalue weighted by atomic mass is 10.2. The highest BCUT2D eigenvalue weighted by atomic mass is 31.1. The number of rotatable bonds is 2. The third kappa shape index (κ3) is 4.03. The Kier molecular flexibility index (Phi) is 4.81. The molecule has 3 aromatic rings. The Morgan fingerprint density at radius 1 is 0.609 bits per heavy atom. The van der Waals surface area contributed by atoms with Crippen molar-refractivity contribution in [3.63, 3.8) is 0 Å². The molecule has 23 heavy (non-hydrogen) atoms. The molecule has 3 heteroatoms. The molecule has 0 saturated heterocycles. The summed E-state index contributed by atoms with van der Waals surface area (Å²) in [4.78, 5) is 0. The van der Waals surface area contributed by atoms with Gasteiger partial charge < -0.3 is 0 Å². The molecule has 0 aliphatic rings. The summed E-state index contributed by atoms with van der Waals surface area (Å²) in [6.07, 6.45) is 0. The van der Waals surface area contributed by atoms with Crippen molar-refractivity contribution in [3.05, 3.63) is 96.1 Å². The molecule has 0 spiro atoms. The number of hydrogen-bond donors (Lipinski definition) is 0. The number of hydrogen-bond acceptors (Lipinski definition) is 0. The van der Waals surface area contributed by atoms with Gasteiger partial charge in [-0.3, -0.25) is 0 Å². The van der Waals surface area contributed by atoms with Gasteiger partial charge in [-0.1, -0.05) is 54.0 Å². The second-order valence-corrected chi connectivity index (χ2v) is 6.82. The molecular formula is C20H13F2P. The highest BCUT2D eigenvalue weighted by molar-refractivity contribution is 7.77. The second kappa shape index (κ2) is 7.18. The smallest absolute Gasteiger partial charge is 0.123 e. The van der Waals surface area contributed by atoms with Gasteiger partial charge >= 0.3 is 0 Å². The third-order valence-corrected chi connectivity index (χ3v) is 5.22. The highest BCUT2D eigenvalue weighted by Gasteiger charge is 2.11. The van der Waals surface area contributed by atoms with Crippen LogP contribution in [0.4, 0.5) is 8.78 Å². The van der Waals surface area contributed by atoms with E-state index >= 15 is 0 Å². The molecule has 0 aliphatic carbocycles. The molecule has 0 radical (unpaired) electrons. The summed E-state index contributed by atoms with van der Waals surface area (Å²) in [5.74, 6) is 2.60. The molecule has 0 aromatic heterocycles. The molecule has 0 nitrogen and oxygen atoms in total. The first kappa shape index (κ1) is 15.4. The van der Waals surface area contributed by atoms with Crippen LogP contribution in [0.5, 0.6) is 0 Å². The Balaban J connectivity index is 2.01. The zero-order chi connectivity index (χ0) is 16.1. The predicted molar refractivity (Wildman–Crippen MR) is 92.3 cm³/mol. The Morgan fingerprint density at radius 2 is 1.09 bits per heavy atom. The maximum atomic E-state index is 13.2. The van der Waals surface area contributed by atoms with Crippen LogP contribution in [0.25, 0.3) is 0 Å². The average Bonchev–Trinajstić information content (AvgIpc) is 2.59. The molecule has 0 heterocycles. The molecule has 0 unspecified atom stereocenters. The maximum Gasteiger partial charge on any atom is 0.123 e. The van der Waals surface area contributed by atoms with E-state index in [9.17, 15) is 8.78 Å². The lowest BCUT2D eigenvalue weighted by molar-refractivity contribution is 0.628. The van der Waals surface area contributed by atoms with Crippen molar-refractivity contribution in [2.45, 2.75) is 0 Å². The first-order valence-electron chi connectivity index (χ1n) is 7.10. The predicted octanol–water partition coefficient (Wildman–Crippen LogP) is 4.41. The first-order valence-corrected chi connectivity index (χ1v) is 8.44. The highest BCUT2D eigenvalue weighted by Crippen LogP contribution is 2.32. The lowest BCUT2D eigenvalue weighted by Crippen LogP contribution is -2.10. The van der Waals surface area contributed by atoms with Gasteiger partial charge in [-0.05, 0) is 47.0 Å². The molecule has 0 fully saturated rings. The molecule has 0 N–H and O–H groups in total. The van der Waals surface area contributed by atoms with Crippen LogP contribution in [-0.2, 0) is 0 Å². The first-order chi connectivity index (χ1) is 11.2. The lowest BCUT2D eigenvalue weighted by Gasteiger charge is -2.12. The van der Waals surface area contributed by atoms with Crippen LogP contribution in [0.2, 0.25) is 0 Å². The van der Waals surface area contributed by atoms with Gasteiger partial charge in [0.1, 0.15) is 11.6 Å². The van der Waals surface area contributed by atoms with E-state index in [2.05, 4.69) is 11.6 Å². The van der Waals surface area contributed by atoms with Crippen molar-refractivity contribution in [2.75, 3.05) is 0 Å². The van der Waals surface area contributed by atoms with E-state index in [0.717, 1.165) is 16.2 Å². The Labute approximate surface area is 135 Å². The Morgan fingerprint density at radius 3 is 1.57 bits per heavy atom. The normalized spacial score (nSPS) is 10.2. The fourth-order valence-corrected chi connectivity index (χ4v) is 3.79. The quantitative estimate of drug-likeness (QED) is 0.484. The molecule has 3 rings (SSSR count). The van der Waals surface area contributed by atoms with Gasteiger partial charge in [0.25, 0.3) is 0 Å². The molecular weight excluding hydrogens is 309 g/mol. The molecule has 0 bridgehead atoms. The minimum Gasteiger partial charge on any atom is -0.207 e. The Hall–Kier alpha value is -2.49. The van der Waals surface area contributed by atoms with Crippen LogP contribution in [0.15, 0.2) is 78.9 Å². The molecule has 0 amide bonds. The minimum atomic E-state index is -0.994. The van der Waals surface area contributed by atoms with Gasteiger partial charge in [0.2, 0.25) is 0 Å². The zero-order valence-corrected chi connectivity index (χ0v) is 13.1. The average molecular weight is 322 g/mol. The van der Waals surface area contributed by atoms with Crippen molar-refractivity contribution in [2.24, 2.45) is 0 Å². The van der Waals surface area contributed by atoms with Gasteiger partial charge in [0, 0.05) is 13.5 Å². The summed E-state index contributed by atoms with van der Waals surface area (Å²) in [5.41, 5.74) is 4.20. The van der Waals surface area contributed by atoms with E-state index < -0.39 is 7.92 Å². The van der Waals surface area contributed by atoms with Gasteiger partial charge in [-0.2, -0.15) is 0 Å². The van der Waals surface area contributed by atoms with E-state index in [0.29, 0.717) is 0 Å². The topological polar surface area (TPSA) is 0 Å². The molecule has 0 atom stereocenters. The summed E-state index contributed by atoms with van der Waals surface area (Å²) in [6.45, 7) is 0. The second-order valence-electron chi connectivity index (χ2n) is 4.89. The summed E-state index contributed by atoms with van der Waals surface area (Å²) in [5, 5.41) is 1.88. The van der Waals surface area contributed by atoms with Crippen molar-refractivity contribution in [3.8, 4) is 11.6 Å². The number of benzene rings is 3. The van der Waals surface area contributed by atoms with Crippen LogP contribution < -0.4 is 10.6 Å². The third-order valence-electron chi connectivity index (χ3n) is 3.26. The van der Waals surface area contributed by atoms with Crippen molar-refractivity contribution in [1.29, 1.82) is 0 Å². The van der Waals surface area contributed by atoms with Crippen LogP contribution in [0.3, 0.4) is 0 Å². The summed E-state index contributed by atoms with van der Waals surface area (Å²) in [7, 11) is -0.994. The maximum absolute atomic E-state index is 13.2. The standard InChI is InChI=1S/C20H13F2P/c21-17-6-10-19(11-7-17)23(20-12-8-18(22)9-13-20)15-14-16-4-2-1-3-5-16/h1-13H. The zero-order valence-electron chi connectivity index (χ0n) is 12.2. The fraction of sp³-hybridized carbons (Fsp3) is 0. The monoisotopic (exact) mass is 322 g/mol. The van der Waals surface area contributed by atoms with Gasteiger partial charge in [-0.25, -0.2) is 8.78 Å². The van der Waals surface area contributed by atoms with Crippen molar-refractivity contribution >= 4 is 18.5 Å². The molecule has 112 valence electrons. The van der Waals surface area contributed by atoms with Gasteiger partial charge in [-0.15, -0.1) is 0 Å². The Bertz CT molecular complexity index is 783. The van der Waals surface area contributed by atoms with E-state index in [1.807, 2.05) is 30.3 Å². The van der Waals surface area contributed by atoms with Crippen LogP contribution in [0, 0.1) is 23.2 Å². The molecule has 0 saturated carbocycles. The van der Waals surface area contributed by atoms with Gasteiger partial charge in [0.05, 0.1) is 0 Å². The van der Waals surface area contributed by atoms with Crippen molar-refractivity contribution < 1.29 is 8.78 Å². The fourth-order valence-electron chi connectivity index (χ4n) is 2.10. The van der Waals surface area contributed by atoms with E-state index in [1.165, 1.54) is 24.3 Å². The van der Waals surface area contributed by atoms with Crippen LogP contribution >= 0.6 is 7.92 Å². The molecule has 0 aliphatic heterocycles. The SMILES string of the molecule is Fc1ccc(P(C#Cc2ccccc2)c2ccc(F)cc2)cc1. The van der Waals surface area contributed by atoms with E-state index in [4.69, 9.17) is 0 Å². The molecule has 3 aromatic carbocycles. The summed E-state index contributed by atoms with van der Waals surface area (Å²) in [6, 6.07) is 22.4.